The van der Waals surface area contributed by atoms with Crippen LogP contribution in [0.1, 0.15) is 25.6 Å². The van der Waals surface area contributed by atoms with Gasteiger partial charge in [-0.1, -0.05) is 12.1 Å². The van der Waals surface area contributed by atoms with Crippen molar-refractivity contribution in [3.8, 4) is 0 Å². The van der Waals surface area contributed by atoms with Crippen molar-refractivity contribution < 1.29 is 14.7 Å². The van der Waals surface area contributed by atoms with Crippen molar-refractivity contribution in [1.82, 2.24) is 24.3 Å². The van der Waals surface area contributed by atoms with Crippen LogP contribution in [-0.2, 0) is 16.1 Å². The molecule has 0 spiro atoms. The molecule has 4 rings (SSSR count). The van der Waals surface area contributed by atoms with Crippen LogP contribution >= 0.6 is 0 Å². The second kappa shape index (κ2) is 8.73. The molecule has 30 heavy (non-hydrogen) atoms. The number of benzene rings is 1. The van der Waals surface area contributed by atoms with Gasteiger partial charge in [-0.3, -0.25) is 14.5 Å². The fourth-order valence-electron chi connectivity index (χ4n) is 4.75. The number of carbonyl (C=O) groups is 2. The lowest BCUT2D eigenvalue weighted by Crippen LogP contribution is -2.54. The average Bonchev–Trinajstić information content (AvgIpc) is 2.91. The first-order chi connectivity index (χ1) is 14.4. The first-order valence-electron chi connectivity index (χ1n) is 10.8. The van der Waals surface area contributed by atoms with E-state index in [1.165, 1.54) is 0 Å². The van der Waals surface area contributed by atoms with Crippen LogP contribution in [0.3, 0.4) is 0 Å². The molecule has 2 aliphatic rings. The summed E-state index contributed by atoms with van der Waals surface area (Å²) in [4.78, 5) is 35.2. The number of likely N-dealkylation sites (tertiary alicyclic amines) is 1. The molecule has 162 valence electrons. The number of hydrogen-bond donors (Lipinski definition) is 1. The molecular formula is C22H31N5O3. The van der Waals surface area contributed by atoms with Gasteiger partial charge in [-0.25, -0.2) is 4.98 Å². The third kappa shape index (κ3) is 4.20. The first-order valence-corrected chi connectivity index (χ1v) is 10.8. The second-order valence-corrected chi connectivity index (χ2v) is 8.37. The summed E-state index contributed by atoms with van der Waals surface area (Å²) < 4.78 is 1.97. The van der Waals surface area contributed by atoms with Gasteiger partial charge in [-0.05, 0) is 31.9 Å². The normalized spacial score (nSPS) is 23.6. The van der Waals surface area contributed by atoms with Crippen LogP contribution in [0.4, 0.5) is 0 Å². The Morgan fingerprint density at radius 2 is 1.73 bits per heavy atom. The second-order valence-electron chi connectivity index (χ2n) is 8.37. The van der Waals surface area contributed by atoms with Crippen molar-refractivity contribution in [1.29, 1.82) is 0 Å². The topological polar surface area (TPSA) is 81.9 Å². The Bertz CT molecular complexity index is 919. The summed E-state index contributed by atoms with van der Waals surface area (Å²) in [5, 5.41) is 10.7. The molecule has 2 amide bonds. The van der Waals surface area contributed by atoms with Crippen molar-refractivity contribution in [2.75, 3.05) is 39.3 Å². The van der Waals surface area contributed by atoms with Crippen molar-refractivity contribution in [2.45, 2.75) is 45.4 Å². The molecule has 2 fully saturated rings. The Morgan fingerprint density at radius 3 is 2.47 bits per heavy atom. The van der Waals surface area contributed by atoms with E-state index in [0.717, 1.165) is 36.4 Å². The van der Waals surface area contributed by atoms with Gasteiger partial charge in [-0.15, -0.1) is 0 Å². The number of nitrogens with zero attached hydrogens (tertiary/aromatic N) is 5. The van der Waals surface area contributed by atoms with Gasteiger partial charge in [-0.2, -0.15) is 0 Å². The molecule has 8 nitrogen and oxygen atoms in total. The Morgan fingerprint density at radius 1 is 1.03 bits per heavy atom. The molecule has 0 saturated carbocycles. The maximum Gasteiger partial charge on any atom is 0.242 e. The van der Waals surface area contributed by atoms with E-state index in [1.54, 1.807) is 6.92 Å². The summed E-state index contributed by atoms with van der Waals surface area (Å²) >= 11 is 0. The molecule has 2 aliphatic heterocycles. The fraction of sp³-hybridized carbons (Fsp3) is 0.591. The molecule has 2 saturated heterocycles. The van der Waals surface area contributed by atoms with Crippen LogP contribution in [0, 0.1) is 6.92 Å². The molecule has 8 heteroatoms. The zero-order chi connectivity index (χ0) is 21.3. The third-order valence-electron chi connectivity index (χ3n) is 6.55. The lowest BCUT2D eigenvalue weighted by molar-refractivity contribution is -0.132. The highest BCUT2D eigenvalue weighted by Crippen LogP contribution is 2.21. The van der Waals surface area contributed by atoms with Crippen LogP contribution in [-0.4, -0.2) is 92.6 Å². The minimum Gasteiger partial charge on any atom is -0.391 e. The number of piperazine rings is 1. The van der Waals surface area contributed by atoms with Gasteiger partial charge in [0.1, 0.15) is 12.4 Å². The Kier molecular flexibility index (Phi) is 6.06. The number of amides is 2. The summed E-state index contributed by atoms with van der Waals surface area (Å²) in [5.41, 5.74) is 1.87. The zero-order valence-corrected chi connectivity index (χ0v) is 17.8. The first kappa shape index (κ1) is 20.8. The maximum absolute atomic E-state index is 13.1. The van der Waals surface area contributed by atoms with E-state index in [4.69, 9.17) is 0 Å². The number of para-hydroxylation sites is 2. The van der Waals surface area contributed by atoms with Crippen molar-refractivity contribution in [3.63, 3.8) is 0 Å². The Hall–Kier alpha value is -2.45. The largest absolute Gasteiger partial charge is 0.391 e. The summed E-state index contributed by atoms with van der Waals surface area (Å²) in [6, 6.07) is 7.90. The molecule has 3 heterocycles. The Labute approximate surface area is 177 Å². The molecule has 1 aromatic carbocycles. The maximum atomic E-state index is 13.1. The number of aliphatic hydroxyl groups is 1. The minimum atomic E-state index is -0.456. The van der Waals surface area contributed by atoms with Crippen LogP contribution in [0.15, 0.2) is 24.3 Å². The number of fused-ring (bicyclic) bond motifs is 1. The predicted octanol–water partition coefficient (Wildman–Crippen LogP) is 0.861. The SMILES string of the molecule is CC(=O)N1CCN([C@H]2CCN(C(=O)Cn3c(C)nc4ccccc43)CC[C@@H]2O)CC1. The van der Waals surface area contributed by atoms with Crippen LogP contribution in [0.2, 0.25) is 0 Å². The molecule has 2 atom stereocenters. The lowest BCUT2D eigenvalue weighted by atomic mass is 10.0. The Balaban J connectivity index is 1.39. The highest BCUT2D eigenvalue weighted by molar-refractivity contribution is 5.81. The summed E-state index contributed by atoms with van der Waals surface area (Å²) in [6.45, 7) is 7.95. The van der Waals surface area contributed by atoms with E-state index < -0.39 is 6.10 Å². The van der Waals surface area contributed by atoms with E-state index in [9.17, 15) is 14.7 Å². The van der Waals surface area contributed by atoms with Gasteiger partial charge >= 0.3 is 0 Å². The van der Waals surface area contributed by atoms with Gasteiger partial charge in [0, 0.05) is 52.2 Å². The number of aryl methyl sites for hydroxylation is 1. The van der Waals surface area contributed by atoms with E-state index in [2.05, 4.69) is 9.88 Å². The average molecular weight is 414 g/mol. The molecule has 2 aromatic rings. The number of hydrogen-bond acceptors (Lipinski definition) is 5. The minimum absolute atomic E-state index is 0.0349. The number of carbonyl (C=O) groups excluding carboxylic acids is 2. The van der Waals surface area contributed by atoms with E-state index in [0.29, 0.717) is 32.6 Å². The predicted molar refractivity (Wildman–Crippen MR) is 114 cm³/mol. The van der Waals surface area contributed by atoms with Crippen molar-refractivity contribution in [2.24, 2.45) is 0 Å². The summed E-state index contributed by atoms with van der Waals surface area (Å²) in [6.07, 6.45) is 0.867. The third-order valence-corrected chi connectivity index (χ3v) is 6.55. The van der Waals surface area contributed by atoms with Crippen LogP contribution in [0.5, 0.6) is 0 Å². The molecule has 0 radical (unpaired) electrons. The van der Waals surface area contributed by atoms with Crippen LogP contribution in [0.25, 0.3) is 11.0 Å². The number of imidazole rings is 1. The van der Waals surface area contributed by atoms with Gasteiger partial charge < -0.3 is 19.5 Å². The number of aliphatic hydroxyl groups excluding tert-OH is 1. The highest BCUT2D eigenvalue weighted by Gasteiger charge is 2.33. The lowest BCUT2D eigenvalue weighted by Gasteiger charge is -2.40. The summed E-state index contributed by atoms with van der Waals surface area (Å²) in [5.74, 6) is 1.01. The standard InChI is InChI=1S/C22H31N5O3/c1-16-23-18-5-3-4-6-19(18)27(16)15-22(30)26-9-7-20(21(29)8-10-26)25-13-11-24(12-14-25)17(2)28/h3-6,20-21,29H,7-15H2,1-2H3/t20-,21-/m0/s1. The van der Waals surface area contributed by atoms with Crippen molar-refractivity contribution in [3.05, 3.63) is 30.1 Å². The molecule has 0 unspecified atom stereocenters. The molecule has 1 aromatic heterocycles. The molecule has 0 aliphatic carbocycles. The number of aromatic nitrogens is 2. The highest BCUT2D eigenvalue weighted by atomic mass is 16.3. The summed E-state index contributed by atoms with van der Waals surface area (Å²) in [7, 11) is 0. The van der Waals surface area contributed by atoms with Gasteiger partial charge in [0.25, 0.3) is 0 Å². The van der Waals surface area contributed by atoms with Gasteiger partial charge in [0.05, 0.1) is 17.1 Å². The monoisotopic (exact) mass is 413 g/mol. The van der Waals surface area contributed by atoms with E-state index in [1.807, 2.05) is 45.6 Å². The van der Waals surface area contributed by atoms with E-state index >= 15 is 0 Å². The smallest absolute Gasteiger partial charge is 0.242 e. The van der Waals surface area contributed by atoms with Crippen LogP contribution < -0.4 is 0 Å². The molecular weight excluding hydrogens is 382 g/mol. The molecule has 1 N–H and O–H groups in total. The number of rotatable bonds is 3. The quantitative estimate of drug-likeness (QED) is 0.807. The van der Waals surface area contributed by atoms with Gasteiger partial charge in [0.2, 0.25) is 11.8 Å². The fourth-order valence-corrected chi connectivity index (χ4v) is 4.75. The van der Waals surface area contributed by atoms with E-state index in [-0.39, 0.29) is 24.4 Å². The zero-order valence-electron chi connectivity index (χ0n) is 17.8. The van der Waals surface area contributed by atoms with Gasteiger partial charge in [0.15, 0.2) is 0 Å². The molecule has 0 bridgehead atoms. The van der Waals surface area contributed by atoms with Crippen molar-refractivity contribution >= 4 is 22.8 Å².